The van der Waals surface area contributed by atoms with Crippen molar-refractivity contribution in [3.63, 3.8) is 0 Å². The maximum Gasteiger partial charge on any atom is 0.323 e. The molecule has 0 bridgehead atoms. The molecule has 5 nitrogen and oxygen atoms in total. The summed E-state index contributed by atoms with van der Waals surface area (Å²) in [6, 6.07) is -0.383. The lowest BCUT2D eigenvalue weighted by atomic mass is 10.0. The van der Waals surface area contributed by atoms with Crippen molar-refractivity contribution >= 4 is 5.97 Å². The van der Waals surface area contributed by atoms with Gasteiger partial charge in [-0.05, 0) is 40.0 Å². The van der Waals surface area contributed by atoms with Gasteiger partial charge in [-0.25, -0.2) is 0 Å². The molecule has 0 spiro atoms. The summed E-state index contributed by atoms with van der Waals surface area (Å²) in [5.74, 6) is 0.113. The Morgan fingerprint density at radius 3 is 2.15 bits per heavy atom. The van der Waals surface area contributed by atoms with E-state index in [1.54, 1.807) is 0 Å². The SMILES string of the molecule is CC(C)CC(NCC(O)COC(C)C)C(=O)OC(C)C. The Morgan fingerprint density at radius 1 is 1.10 bits per heavy atom. The molecule has 2 unspecified atom stereocenters. The molecule has 0 saturated heterocycles. The van der Waals surface area contributed by atoms with Crippen LogP contribution in [-0.4, -0.2) is 48.6 Å². The Kier molecular flexibility index (Phi) is 9.80. The van der Waals surface area contributed by atoms with Crippen molar-refractivity contribution in [2.75, 3.05) is 13.2 Å². The number of nitrogens with one attached hydrogen (secondary N) is 1. The number of aliphatic hydroxyl groups excluding tert-OH is 1. The summed E-state index contributed by atoms with van der Waals surface area (Å²) in [7, 11) is 0. The largest absolute Gasteiger partial charge is 0.462 e. The van der Waals surface area contributed by atoms with Crippen molar-refractivity contribution in [1.82, 2.24) is 5.32 Å². The van der Waals surface area contributed by atoms with E-state index in [9.17, 15) is 9.90 Å². The number of carbonyl (C=O) groups is 1. The molecule has 0 amide bonds. The van der Waals surface area contributed by atoms with Gasteiger partial charge in [0.15, 0.2) is 0 Å². The summed E-state index contributed by atoms with van der Waals surface area (Å²) in [6.07, 6.45) is 0.0117. The zero-order chi connectivity index (χ0) is 15.7. The van der Waals surface area contributed by atoms with Crippen molar-refractivity contribution < 1.29 is 19.4 Å². The van der Waals surface area contributed by atoms with E-state index in [-0.39, 0.29) is 30.8 Å². The standard InChI is InChI=1S/C15H31NO4/c1-10(2)7-14(15(18)20-12(5)6)16-8-13(17)9-19-11(3)4/h10-14,16-17H,7-9H2,1-6H3. The summed E-state index contributed by atoms with van der Waals surface area (Å²) in [6.45, 7) is 12.2. The number of ether oxygens (including phenoxy) is 2. The van der Waals surface area contributed by atoms with Crippen LogP contribution in [0, 0.1) is 5.92 Å². The smallest absolute Gasteiger partial charge is 0.323 e. The first-order chi connectivity index (χ1) is 9.22. The number of hydrogen-bond donors (Lipinski definition) is 2. The van der Waals surface area contributed by atoms with Gasteiger partial charge < -0.3 is 19.9 Å². The third-order valence-corrected chi connectivity index (χ3v) is 2.57. The van der Waals surface area contributed by atoms with Crippen LogP contribution < -0.4 is 5.32 Å². The van der Waals surface area contributed by atoms with Crippen LogP contribution in [0.3, 0.4) is 0 Å². The lowest BCUT2D eigenvalue weighted by molar-refractivity contribution is -0.150. The fraction of sp³-hybridized carbons (Fsp3) is 0.933. The molecule has 120 valence electrons. The second kappa shape index (κ2) is 10.1. The van der Waals surface area contributed by atoms with Crippen molar-refractivity contribution in [3.05, 3.63) is 0 Å². The van der Waals surface area contributed by atoms with Crippen LogP contribution in [0.2, 0.25) is 0 Å². The Morgan fingerprint density at radius 2 is 1.70 bits per heavy atom. The van der Waals surface area contributed by atoms with Crippen LogP contribution in [-0.2, 0) is 14.3 Å². The van der Waals surface area contributed by atoms with Crippen LogP contribution >= 0.6 is 0 Å². The molecule has 0 aliphatic heterocycles. The van der Waals surface area contributed by atoms with Crippen LogP contribution in [0.25, 0.3) is 0 Å². The maximum atomic E-state index is 12.0. The molecular formula is C15H31NO4. The topological polar surface area (TPSA) is 67.8 Å². The summed E-state index contributed by atoms with van der Waals surface area (Å²) in [5, 5.41) is 12.9. The number of rotatable bonds is 10. The van der Waals surface area contributed by atoms with Gasteiger partial charge in [-0.3, -0.25) is 4.79 Å². The van der Waals surface area contributed by atoms with E-state index in [2.05, 4.69) is 19.2 Å². The van der Waals surface area contributed by atoms with Gasteiger partial charge in [-0.2, -0.15) is 0 Å². The van der Waals surface area contributed by atoms with Crippen molar-refractivity contribution in [1.29, 1.82) is 0 Å². The molecule has 0 saturated carbocycles. The lowest BCUT2D eigenvalue weighted by Gasteiger charge is -2.22. The zero-order valence-corrected chi connectivity index (χ0v) is 13.7. The van der Waals surface area contributed by atoms with Crippen LogP contribution in [0.5, 0.6) is 0 Å². The van der Waals surface area contributed by atoms with Gasteiger partial charge in [0.25, 0.3) is 0 Å². The van der Waals surface area contributed by atoms with Gasteiger partial charge in [0, 0.05) is 6.54 Å². The molecule has 0 aliphatic rings. The fourth-order valence-electron chi connectivity index (χ4n) is 1.69. The van der Waals surface area contributed by atoms with Gasteiger partial charge in [-0.1, -0.05) is 13.8 Å². The molecule has 5 heteroatoms. The van der Waals surface area contributed by atoms with Crippen molar-refractivity contribution in [2.45, 2.75) is 72.3 Å². The van der Waals surface area contributed by atoms with Gasteiger partial charge >= 0.3 is 5.97 Å². The lowest BCUT2D eigenvalue weighted by Crippen LogP contribution is -2.44. The highest BCUT2D eigenvalue weighted by Crippen LogP contribution is 2.08. The van der Waals surface area contributed by atoms with E-state index in [0.29, 0.717) is 18.9 Å². The van der Waals surface area contributed by atoms with Crippen molar-refractivity contribution in [3.8, 4) is 0 Å². The average Bonchev–Trinajstić information content (AvgIpc) is 2.30. The maximum absolute atomic E-state index is 12.0. The Balaban J connectivity index is 4.25. The van der Waals surface area contributed by atoms with E-state index >= 15 is 0 Å². The van der Waals surface area contributed by atoms with E-state index in [4.69, 9.17) is 9.47 Å². The van der Waals surface area contributed by atoms with Crippen molar-refractivity contribution in [2.24, 2.45) is 5.92 Å². The molecule has 0 aromatic carbocycles. The predicted molar refractivity (Wildman–Crippen MR) is 79.6 cm³/mol. The van der Waals surface area contributed by atoms with Gasteiger partial charge in [0.1, 0.15) is 6.04 Å². The van der Waals surface area contributed by atoms with E-state index in [1.165, 1.54) is 0 Å². The third kappa shape index (κ3) is 10.2. The van der Waals surface area contributed by atoms with E-state index in [1.807, 2.05) is 27.7 Å². The highest BCUT2D eigenvalue weighted by molar-refractivity contribution is 5.75. The van der Waals surface area contributed by atoms with Gasteiger partial charge in [0.2, 0.25) is 0 Å². The van der Waals surface area contributed by atoms with Crippen LogP contribution in [0.15, 0.2) is 0 Å². The first kappa shape index (κ1) is 19.4. The van der Waals surface area contributed by atoms with E-state index in [0.717, 1.165) is 0 Å². The first-order valence-corrected chi connectivity index (χ1v) is 7.45. The molecular weight excluding hydrogens is 258 g/mol. The molecule has 20 heavy (non-hydrogen) atoms. The molecule has 0 radical (unpaired) electrons. The minimum absolute atomic E-state index is 0.0852. The minimum Gasteiger partial charge on any atom is -0.462 e. The molecule has 0 aromatic rings. The normalized spacial score (nSPS) is 14.9. The second-order valence-electron chi connectivity index (χ2n) is 6.11. The molecule has 0 rings (SSSR count). The summed E-state index contributed by atoms with van der Waals surface area (Å²) in [5.41, 5.74) is 0. The minimum atomic E-state index is -0.626. The number of esters is 1. The molecule has 2 N–H and O–H groups in total. The molecule has 0 heterocycles. The zero-order valence-electron chi connectivity index (χ0n) is 13.7. The Hall–Kier alpha value is -0.650. The Labute approximate surface area is 123 Å². The first-order valence-electron chi connectivity index (χ1n) is 7.45. The molecule has 2 atom stereocenters. The second-order valence-corrected chi connectivity index (χ2v) is 6.11. The van der Waals surface area contributed by atoms with Crippen LogP contribution in [0.1, 0.15) is 48.0 Å². The summed E-state index contributed by atoms with van der Waals surface area (Å²) < 4.78 is 10.6. The monoisotopic (exact) mass is 289 g/mol. The van der Waals surface area contributed by atoms with Crippen LogP contribution in [0.4, 0.5) is 0 Å². The third-order valence-electron chi connectivity index (χ3n) is 2.57. The summed E-state index contributed by atoms with van der Waals surface area (Å²) in [4.78, 5) is 12.0. The number of carbonyl (C=O) groups excluding carboxylic acids is 1. The van der Waals surface area contributed by atoms with Gasteiger partial charge in [0.05, 0.1) is 24.9 Å². The highest BCUT2D eigenvalue weighted by Gasteiger charge is 2.22. The molecule has 0 fully saturated rings. The fourth-order valence-corrected chi connectivity index (χ4v) is 1.69. The van der Waals surface area contributed by atoms with E-state index < -0.39 is 6.10 Å². The highest BCUT2D eigenvalue weighted by atomic mass is 16.5. The molecule has 0 aromatic heterocycles. The van der Waals surface area contributed by atoms with Gasteiger partial charge in [-0.15, -0.1) is 0 Å². The molecule has 0 aliphatic carbocycles. The quantitative estimate of drug-likeness (QED) is 0.600. The number of hydrogen-bond acceptors (Lipinski definition) is 5. The average molecular weight is 289 g/mol. The number of aliphatic hydroxyl groups is 1. The Bertz CT molecular complexity index is 267. The predicted octanol–water partition coefficient (Wildman–Crippen LogP) is 1.73. The summed E-state index contributed by atoms with van der Waals surface area (Å²) >= 11 is 0.